The van der Waals surface area contributed by atoms with Gasteiger partial charge < -0.3 is 15.8 Å². The van der Waals surface area contributed by atoms with E-state index in [0.717, 1.165) is 18.7 Å². The number of methoxy groups -OCH3 is 1. The van der Waals surface area contributed by atoms with Gasteiger partial charge in [0.2, 0.25) is 0 Å². The maximum Gasteiger partial charge on any atom is 0.165 e. The molecule has 1 aromatic carbocycles. The Bertz CT molecular complexity index is 350. The molecule has 0 aromatic heterocycles. The zero-order valence-corrected chi connectivity index (χ0v) is 8.01. The highest BCUT2D eigenvalue weighted by Crippen LogP contribution is 2.27. The van der Waals surface area contributed by atoms with Gasteiger partial charge in [-0.1, -0.05) is 6.07 Å². The van der Waals surface area contributed by atoms with Crippen molar-refractivity contribution in [1.82, 2.24) is 5.32 Å². The molecule has 0 aliphatic carbocycles. The van der Waals surface area contributed by atoms with Crippen LogP contribution in [-0.2, 0) is 5.54 Å². The van der Waals surface area contributed by atoms with Crippen LogP contribution < -0.4 is 15.8 Å². The molecule has 0 spiro atoms. The zero-order chi connectivity index (χ0) is 10.2. The average molecular weight is 196 g/mol. The largest absolute Gasteiger partial charge is 0.494 e. The van der Waals surface area contributed by atoms with Gasteiger partial charge in [0.15, 0.2) is 11.6 Å². The minimum absolute atomic E-state index is 0.249. The number of hydrogen-bond acceptors (Lipinski definition) is 3. The molecule has 3 nitrogen and oxygen atoms in total. The van der Waals surface area contributed by atoms with Gasteiger partial charge in [-0.05, 0) is 17.7 Å². The van der Waals surface area contributed by atoms with Crippen LogP contribution in [0.3, 0.4) is 0 Å². The van der Waals surface area contributed by atoms with Gasteiger partial charge in [-0.3, -0.25) is 0 Å². The third kappa shape index (κ3) is 1.36. The Morgan fingerprint density at radius 2 is 2.21 bits per heavy atom. The van der Waals surface area contributed by atoms with Gasteiger partial charge in [-0.25, -0.2) is 4.39 Å². The molecule has 0 unspecified atom stereocenters. The molecule has 0 saturated carbocycles. The van der Waals surface area contributed by atoms with E-state index in [1.165, 1.54) is 13.2 Å². The molecule has 1 aliphatic heterocycles. The van der Waals surface area contributed by atoms with Crippen molar-refractivity contribution in [3.05, 3.63) is 29.6 Å². The van der Waals surface area contributed by atoms with E-state index in [9.17, 15) is 4.39 Å². The van der Waals surface area contributed by atoms with Crippen molar-refractivity contribution in [3.8, 4) is 5.75 Å². The summed E-state index contributed by atoms with van der Waals surface area (Å²) in [6, 6.07) is 4.76. The molecule has 0 bridgehead atoms. The smallest absolute Gasteiger partial charge is 0.165 e. The van der Waals surface area contributed by atoms with Crippen LogP contribution in [0.5, 0.6) is 5.75 Å². The summed E-state index contributed by atoms with van der Waals surface area (Å²) in [7, 11) is 1.45. The van der Waals surface area contributed by atoms with E-state index < -0.39 is 0 Å². The molecule has 1 aliphatic rings. The van der Waals surface area contributed by atoms with E-state index in [0.29, 0.717) is 0 Å². The SMILES string of the molecule is COc1cc(C2(N)CNC2)ccc1F. The fraction of sp³-hybridized carbons (Fsp3) is 0.400. The number of nitrogens with two attached hydrogens (primary N) is 1. The molecule has 0 amide bonds. The number of hydrogen-bond donors (Lipinski definition) is 2. The summed E-state index contributed by atoms with van der Waals surface area (Å²) < 4.78 is 18.0. The van der Waals surface area contributed by atoms with Crippen LogP contribution in [0, 0.1) is 5.82 Å². The molecular weight excluding hydrogens is 183 g/mol. The first kappa shape index (κ1) is 9.43. The molecule has 0 radical (unpaired) electrons. The van der Waals surface area contributed by atoms with Gasteiger partial charge in [0.25, 0.3) is 0 Å². The van der Waals surface area contributed by atoms with Gasteiger partial charge in [0.05, 0.1) is 12.6 Å². The van der Waals surface area contributed by atoms with Crippen LogP contribution in [0.2, 0.25) is 0 Å². The topological polar surface area (TPSA) is 47.3 Å². The van der Waals surface area contributed by atoms with Gasteiger partial charge >= 0.3 is 0 Å². The molecule has 1 saturated heterocycles. The summed E-state index contributed by atoms with van der Waals surface area (Å²) in [5.41, 5.74) is 6.61. The molecule has 4 heteroatoms. The maximum atomic E-state index is 13.1. The van der Waals surface area contributed by atoms with E-state index in [-0.39, 0.29) is 17.1 Å². The highest BCUT2D eigenvalue weighted by Gasteiger charge is 2.34. The molecule has 0 atom stereocenters. The first-order valence-electron chi connectivity index (χ1n) is 4.49. The van der Waals surface area contributed by atoms with E-state index in [1.54, 1.807) is 12.1 Å². The number of rotatable bonds is 2. The first-order chi connectivity index (χ1) is 6.65. The molecule has 1 aromatic rings. The molecule has 1 fully saturated rings. The Morgan fingerprint density at radius 3 is 2.71 bits per heavy atom. The average Bonchev–Trinajstić information content (AvgIpc) is 2.15. The Hall–Kier alpha value is -1.13. The van der Waals surface area contributed by atoms with Crippen molar-refractivity contribution in [3.63, 3.8) is 0 Å². The minimum Gasteiger partial charge on any atom is -0.494 e. The van der Waals surface area contributed by atoms with Crippen molar-refractivity contribution in [2.75, 3.05) is 20.2 Å². The summed E-state index contributed by atoms with van der Waals surface area (Å²) >= 11 is 0. The predicted molar refractivity (Wildman–Crippen MR) is 51.7 cm³/mol. The lowest BCUT2D eigenvalue weighted by Gasteiger charge is -2.39. The van der Waals surface area contributed by atoms with Crippen LogP contribution in [0.1, 0.15) is 5.56 Å². The maximum absolute atomic E-state index is 13.1. The highest BCUT2D eigenvalue weighted by atomic mass is 19.1. The third-order valence-corrected chi connectivity index (χ3v) is 2.61. The number of nitrogens with one attached hydrogen (secondary N) is 1. The van der Waals surface area contributed by atoms with E-state index in [4.69, 9.17) is 10.5 Å². The second-order valence-corrected chi connectivity index (χ2v) is 3.61. The second kappa shape index (κ2) is 3.22. The lowest BCUT2D eigenvalue weighted by atomic mass is 9.85. The fourth-order valence-electron chi connectivity index (χ4n) is 1.57. The normalized spacial score (nSPS) is 18.8. The Morgan fingerprint density at radius 1 is 1.50 bits per heavy atom. The van der Waals surface area contributed by atoms with Crippen molar-refractivity contribution in [2.45, 2.75) is 5.54 Å². The molecule has 14 heavy (non-hydrogen) atoms. The van der Waals surface area contributed by atoms with Gasteiger partial charge in [0, 0.05) is 13.1 Å². The summed E-state index contributed by atoms with van der Waals surface area (Å²) in [6.45, 7) is 1.45. The van der Waals surface area contributed by atoms with Crippen molar-refractivity contribution < 1.29 is 9.13 Å². The standard InChI is InChI=1S/C10H13FN2O/c1-14-9-4-7(2-3-8(9)11)10(12)5-13-6-10/h2-4,13H,5-6,12H2,1H3. The number of halogens is 1. The Balaban J connectivity index is 2.35. The van der Waals surface area contributed by atoms with Crippen LogP contribution >= 0.6 is 0 Å². The lowest BCUT2D eigenvalue weighted by Crippen LogP contribution is -2.62. The van der Waals surface area contributed by atoms with Gasteiger partial charge in [-0.15, -0.1) is 0 Å². The Kier molecular flexibility index (Phi) is 2.17. The monoisotopic (exact) mass is 196 g/mol. The Labute approximate surface area is 82.1 Å². The fourth-order valence-corrected chi connectivity index (χ4v) is 1.57. The van der Waals surface area contributed by atoms with Crippen LogP contribution in [0.4, 0.5) is 4.39 Å². The van der Waals surface area contributed by atoms with E-state index in [1.807, 2.05) is 0 Å². The summed E-state index contributed by atoms with van der Waals surface area (Å²) in [5, 5.41) is 3.09. The molecule has 1 heterocycles. The van der Waals surface area contributed by atoms with Crippen molar-refractivity contribution in [2.24, 2.45) is 5.73 Å². The molecular formula is C10H13FN2O. The summed E-state index contributed by atoms with van der Waals surface area (Å²) in [5.74, 6) is -0.105. The third-order valence-electron chi connectivity index (χ3n) is 2.61. The van der Waals surface area contributed by atoms with Crippen molar-refractivity contribution in [1.29, 1.82) is 0 Å². The highest BCUT2D eigenvalue weighted by molar-refractivity contribution is 5.36. The summed E-state index contributed by atoms with van der Waals surface area (Å²) in [4.78, 5) is 0. The first-order valence-corrected chi connectivity index (χ1v) is 4.49. The number of ether oxygens (including phenoxy) is 1. The van der Waals surface area contributed by atoms with E-state index >= 15 is 0 Å². The molecule has 3 N–H and O–H groups in total. The van der Waals surface area contributed by atoms with Crippen molar-refractivity contribution >= 4 is 0 Å². The van der Waals surface area contributed by atoms with Gasteiger partial charge in [-0.2, -0.15) is 0 Å². The zero-order valence-electron chi connectivity index (χ0n) is 8.01. The quantitative estimate of drug-likeness (QED) is 0.727. The van der Waals surface area contributed by atoms with Crippen LogP contribution in [-0.4, -0.2) is 20.2 Å². The lowest BCUT2D eigenvalue weighted by molar-refractivity contribution is 0.285. The summed E-state index contributed by atoms with van der Waals surface area (Å²) in [6.07, 6.45) is 0. The van der Waals surface area contributed by atoms with E-state index in [2.05, 4.69) is 5.32 Å². The minimum atomic E-state index is -0.360. The van der Waals surface area contributed by atoms with Crippen LogP contribution in [0.15, 0.2) is 18.2 Å². The number of benzene rings is 1. The molecule has 76 valence electrons. The van der Waals surface area contributed by atoms with Gasteiger partial charge in [0.1, 0.15) is 0 Å². The van der Waals surface area contributed by atoms with Crippen LogP contribution in [0.25, 0.3) is 0 Å². The second-order valence-electron chi connectivity index (χ2n) is 3.61. The molecule has 2 rings (SSSR count). The predicted octanol–water partition coefficient (Wildman–Crippen LogP) is 0.592.